The van der Waals surface area contributed by atoms with E-state index < -0.39 is 5.54 Å². The quantitative estimate of drug-likeness (QED) is 0.625. The van der Waals surface area contributed by atoms with E-state index in [9.17, 15) is 4.79 Å². The molecule has 0 amide bonds. The highest BCUT2D eigenvalue weighted by atomic mass is 16.5. The number of nitrogens with one attached hydrogen (secondary N) is 1. The van der Waals surface area contributed by atoms with E-state index in [1.165, 1.54) is 7.11 Å². The number of ether oxygens (including phenoxy) is 1. The molecule has 1 aromatic rings. The van der Waals surface area contributed by atoms with Gasteiger partial charge in [0.2, 0.25) is 0 Å². The third-order valence-corrected chi connectivity index (χ3v) is 2.82. The zero-order valence-electron chi connectivity index (χ0n) is 10.6. The van der Waals surface area contributed by atoms with E-state index in [-0.39, 0.29) is 5.97 Å². The summed E-state index contributed by atoms with van der Waals surface area (Å²) in [6.07, 6.45) is 1.72. The molecule has 3 heteroatoms. The SMILES string of the molecule is C=CCNC(C)(C(=O)OC)c1ccc(C)cc1. The Morgan fingerprint density at radius 2 is 2.06 bits per heavy atom. The van der Waals surface area contributed by atoms with Gasteiger partial charge < -0.3 is 4.74 Å². The van der Waals surface area contributed by atoms with Gasteiger partial charge in [0.15, 0.2) is 0 Å². The van der Waals surface area contributed by atoms with Gasteiger partial charge in [0.1, 0.15) is 5.54 Å². The Balaban J connectivity index is 3.08. The van der Waals surface area contributed by atoms with Crippen LogP contribution in [-0.4, -0.2) is 19.6 Å². The number of methoxy groups -OCH3 is 1. The van der Waals surface area contributed by atoms with E-state index in [0.717, 1.165) is 11.1 Å². The minimum atomic E-state index is -0.837. The Hall–Kier alpha value is -1.61. The number of esters is 1. The summed E-state index contributed by atoms with van der Waals surface area (Å²) in [6, 6.07) is 7.82. The molecule has 0 saturated carbocycles. The number of carbonyl (C=O) groups excluding carboxylic acids is 1. The molecule has 0 saturated heterocycles. The van der Waals surface area contributed by atoms with Crippen LogP contribution in [0.1, 0.15) is 18.1 Å². The van der Waals surface area contributed by atoms with Crippen molar-refractivity contribution in [2.45, 2.75) is 19.4 Å². The summed E-state index contributed by atoms with van der Waals surface area (Å²) in [4.78, 5) is 11.9. The van der Waals surface area contributed by atoms with Crippen LogP contribution < -0.4 is 5.32 Å². The van der Waals surface area contributed by atoms with Crippen molar-refractivity contribution in [1.29, 1.82) is 0 Å². The highest BCUT2D eigenvalue weighted by Gasteiger charge is 2.35. The predicted octanol–water partition coefficient (Wildman–Crippen LogP) is 2.16. The van der Waals surface area contributed by atoms with Crippen LogP contribution in [-0.2, 0) is 15.1 Å². The molecular formula is C14H19NO2. The molecule has 1 N–H and O–H groups in total. The first-order valence-electron chi connectivity index (χ1n) is 5.56. The average Bonchev–Trinajstić information content (AvgIpc) is 2.35. The molecule has 1 rings (SSSR count). The molecule has 1 atom stereocenters. The van der Waals surface area contributed by atoms with Gasteiger partial charge in [0.25, 0.3) is 0 Å². The fraction of sp³-hybridized carbons (Fsp3) is 0.357. The van der Waals surface area contributed by atoms with Crippen molar-refractivity contribution in [2.24, 2.45) is 0 Å². The van der Waals surface area contributed by atoms with Gasteiger partial charge in [-0.05, 0) is 19.4 Å². The number of hydrogen-bond donors (Lipinski definition) is 1. The molecule has 0 heterocycles. The van der Waals surface area contributed by atoms with E-state index in [1.807, 2.05) is 38.1 Å². The monoisotopic (exact) mass is 233 g/mol. The lowest BCUT2D eigenvalue weighted by molar-refractivity contribution is -0.148. The van der Waals surface area contributed by atoms with E-state index in [4.69, 9.17) is 4.74 Å². The zero-order chi connectivity index (χ0) is 12.9. The van der Waals surface area contributed by atoms with Crippen LogP contribution in [0.3, 0.4) is 0 Å². The van der Waals surface area contributed by atoms with Gasteiger partial charge in [0.05, 0.1) is 7.11 Å². The lowest BCUT2D eigenvalue weighted by Gasteiger charge is -2.28. The molecule has 17 heavy (non-hydrogen) atoms. The number of benzene rings is 1. The second kappa shape index (κ2) is 5.64. The Kier molecular flexibility index (Phi) is 4.46. The topological polar surface area (TPSA) is 38.3 Å². The third-order valence-electron chi connectivity index (χ3n) is 2.82. The lowest BCUT2D eigenvalue weighted by Crippen LogP contribution is -2.47. The molecule has 0 bridgehead atoms. The molecule has 0 aliphatic heterocycles. The Labute approximate surface area is 102 Å². The summed E-state index contributed by atoms with van der Waals surface area (Å²) in [5.74, 6) is -0.303. The molecule has 3 nitrogen and oxygen atoms in total. The largest absolute Gasteiger partial charge is 0.467 e. The molecule has 0 aromatic heterocycles. The van der Waals surface area contributed by atoms with Gasteiger partial charge in [-0.15, -0.1) is 6.58 Å². The maximum atomic E-state index is 11.9. The molecule has 0 aliphatic rings. The number of rotatable bonds is 5. The molecule has 0 spiro atoms. The first-order valence-corrected chi connectivity index (χ1v) is 5.56. The fourth-order valence-electron chi connectivity index (χ4n) is 1.66. The first kappa shape index (κ1) is 13.5. The van der Waals surface area contributed by atoms with E-state index in [1.54, 1.807) is 6.08 Å². The summed E-state index contributed by atoms with van der Waals surface area (Å²) in [5, 5.41) is 3.14. The highest BCUT2D eigenvalue weighted by molar-refractivity contribution is 5.82. The standard InChI is InChI=1S/C14H19NO2/c1-5-10-15-14(3,13(16)17-4)12-8-6-11(2)7-9-12/h5-9,15H,1,10H2,2-4H3. The van der Waals surface area contributed by atoms with E-state index in [2.05, 4.69) is 11.9 Å². The average molecular weight is 233 g/mol. The Morgan fingerprint density at radius 3 is 2.53 bits per heavy atom. The maximum Gasteiger partial charge on any atom is 0.330 e. The second-order valence-corrected chi connectivity index (χ2v) is 4.15. The number of aryl methyl sites for hydroxylation is 1. The Morgan fingerprint density at radius 1 is 1.47 bits per heavy atom. The molecule has 0 aliphatic carbocycles. The normalized spacial score (nSPS) is 13.8. The van der Waals surface area contributed by atoms with Crippen molar-refractivity contribution in [3.05, 3.63) is 48.0 Å². The van der Waals surface area contributed by atoms with E-state index >= 15 is 0 Å². The summed E-state index contributed by atoms with van der Waals surface area (Å²) in [5.41, 5.74) is 1.21. The molecular weight excluding hydrogens is 214 g/mol. The molecule has 92 valence electrons. The lowest BCUT2D eigenvalue weighted by atomic mass is 9.91. The highest BCUT2D eigenvalue weighted by Crippen LogP contribution is 2.22. The molecule has 1 aromatic carbocycles. The van der Waals surface area contributed by atoms with Crippen molar-refractivity contribution < 1.29 is 9.53 Å². The smallest absolute Gasteiger partial charge is 0.330 e. The van der Waals surface area contributed by atoms with Crippen molar-refractivity contribution in [1.82, 2.24) is 5.32 Å². The fourth-order valence-corrected chi connectivity index (χ4v) is 1.66. The summed E-state index contributed by atoms with van der Waals surface area (Å²) in [7, 11) is 1.39. The second-order valence-electron chi connectivity index (χ2n) is 4.15. The van der Waals surface area contributed by atoms with Gasteiger partial charge in [-0.25, -0.2) is 4.79 Å². The van der Waals surface area contributed by atoms with Crippen LogP contribution in [0.5, 0.6) is 0 Å². The van der Waals surface area contributed by atoms with Gasteiger partial charge in [0, 0.05) is 6.54 Å². The van der Waals surface area contributed by atoms with Gasteiger partial charge >= 0.3 is 5.97 Å². The Bertz CT molecular complexity index is 397. The van der Waals surface area contributed by atoms with Crippen LogP contribution in [0.2, 0.25) is 0 Å². The summed E-state index contributed by atoms with van der Waals surface area (Å²) < 4.78 is 4.86. The van der Waals surface area contributed by atoms with E-state index in [0.29, 0.717) is 6.54 Å². The van der Waals surface area contributed by atoms with Gasteiger partial charge in [-0.3, -0.25) is 5.32 Å². The number of hydrogen-bond acceptors (Lipinski definition) is 3. The maximum absolute atomic E-state index is 11.9. The van der Waals surface area contributed by atoms with Crippen molar-refractivity contribution in [3.8, 4) is 0 Å². The van der Waals surface area contributed by atoms with Gasteiger partial charge in [-0.2, -0.15) is 0 Å². The number of carbonyl (C=O) groups is 1. The van der Waals surface area contributed by atoms with Crippen LogP contribution in [0, 0.1) is 6.92 Å². The van der Waals surface area contributed by atoms with Crippen molar-refractivity contribution >= 4 is 5.97 Å². The first-order chi connectivity index (χ1) is 8.04. The minimum Gasteiger partial charge on any atom is -0.467 e. The zero-order valence-corrected chi connectivity index (χ0v) is 10.6. The molecule has 0 fully saturated rings. The molecule has 1 unspecified atom stereocenters. The van der Waals surface area contributed by atoms with Crippen LogP contribution in [0.4, 0.5) is 0 Å². The van der Waals surface area contributed by atoms with Crippen LogP contribution >= 0.6 is 0 Å². The third kappa shape index (κ3) is 2.94. The predicted molar refractivity (Wildman–Crippen MR) is 68.7 cm³/mol. The minimum absolute atomic E-state index is 0.303. The summed E-state index contributed by atoms with van der Waals surface area (Å²) in [6.45, 7) is 8.01. The molecule has 0 radical (unpaired) electrons. The van der Waals surface area contributed by atoms with Crippen molar-refractivity contribution in [2.75, 3.05) is 13.7 Å². The summed E-state index contributed by atoms with van der Waals surface area (Å²) >= 11 is 0. The van der Waals surface area contributed by atoms with Crippen LogP contribution in [0.25, 0.3) is 0 Å². The van der Waals surface area contributed by atoms with Gasteiger partial charge in [-0.1, -0.05) is 35.9 Å². The van der Waals surface area contributed by atoms with Crippen LogP contribution in [0.15, 0.2) is 36.9 Å². The van der Waals surface area contributed by atoms with Crippen molar-refractivity contribution in [3.63, 3.8) is 0 Å².